The Bertz CT molecular complexity index is 2880. The molecule has 0 unspecified atom stereocenters. The lowest BCUT2D eigenvalue weighted by Crippen LogP contribution is -2.10. The van der Waals surface area contributed by atoms with Gasteiger partial charge in [0, 0.05) is 16.8 Å². The van der Waals surface area contributed by atoms with Crippen molar-refractivity contribution in [3.8, 4) is 44.5 Å². The molecular formula is C52H35NO. The van der Waals surface area contributed by atoms with Crippen molar-refractivity contribution in [2.24, 2.45) is 0 Å². The maximum Gasteiger partial charge on any atom is 0.138 e. The summed E-state index contributed by atoms with van der Waals surface area (Å²) in [6, 6.07) is 75.8. The molecule has 2 nitrogen and oxygen atoms in total. The summed E-state index contributed by atoms with van der Waals surface area (Å²) in [5.41, 5.74) is 14.3. The number of benzene rings is 9. The highest BCUT2D eigenvalue weighted by molar-refractivity contribution is 6.17. The van der Waals surface area contributed by atoms with E-state index in [1.54, 1.807) is 0 Å². The highest BCUT2D eigenvalue weighted by atomic mass is 16.3. The second-order valence-corrected chi connectivity index (χ2v) is 13.8. The molecule has 0 spiro atoms. The van der Waals surface area contributed by atoms with Crippen LogP contribution in [0.4, 0.5) is 17.1 Å². The molecule has 254 valence electrons. The summed E-state index contributed by atoms with van der Waals surface area (Å²) in [6.45, 7) is 0. The summed E-state index contributed by atoms with van der Waals surface area (Å²) in [5.74, 6) is 0. The molecule has 0 N–H and O–H groups in total. The van der Waals surface area contributed by atoms with E-state index in [4.69, 9.17) is 4.42 Å². The molecule has 0 radical (unpaired) electrons. The van der Waals surface area contributed by atoms with Gasteiger partial charge >= 0.3 is 0 Å². The number of anilines is 3. The highest BCUT2D eigenvalue weighted by Crippen LogP contribution is 2.46. The lowest BCUT2D eigenvalue weighted by atomic mass is 9.98. The summed E-state index contributed by atoms with van der Waals surface area (Å²) < 4.78 is 6.75. The van der Waals surface area contributed by atoms with E-state index in [1.165, 1.54) is 38.8 Å². The van der Waals surface area contributed by atoms with Crippen molar-refractivity contribution in [3.63, 3.8) is 0 Å². The molecule has 9 aromatic carbocycles. The minimum absolute atomic E-state index is 0.859. The first kappa shape index (κ1) is 31.6. The van der Waals surface area contributed by atoms with Gasteiger partial charge in [-0.3, -0.25) is 0 Å². The van der Waals surface area contributed by atoms with Crippen molar-refractivity contribution in [3.05, 3.63) is 212 Å². The average Bonchev–Trinajstić information content (AvgIpc) is 3.61. The van der Waals surface area contributed by atoms with Crippen molar-refractivity contribution < 1.29 is 4.42 Å². The van der Waals surface area contributed by atoms with Gasteiger partial charge in [0.25, 0.3) is 0 Å². The molecule has 0 atom stereocenters. The van der Waals surface area contributed by atoms with Crippen LogP contribution in [0.25, 0.3) is 77.2 Å². The zero-order valence-electron chi connectivity index (χ0n) is 29.6. The van der Waals surface area contributed by atoms with Crippen LogP contribution >= 0.6 is 0 Å². The molecule has 2 heteroatoms. The fourth-order valence-corrected chi connectivity index (χ4v) is 7.69. The summed E-state index contributed by atoms with van der Waals surface area (Å²) in [5, 5.41) is 4.53. The number of fused-ring (bicyclic) bond motifs is 4. The molecule has 1 heterocycles. The first-order valence-corrected chi connectivity index (χ1v) is 18.4. The Morgan fingerprint density at radius 2 is 0.685 bits per heavy atom. The maximum absolute atomic E-state index is 6.75. The van der Waals surface area contributed by atoms with Gasteiger partial charge in [0.15, 0.2) is 0 Å². The van der Waals surface area contributed by atoms with Gasteiger partial charge in [0.1, 0.15) is 11.2 Å². The zero-order valence-corrected chi connectivity index (χ0v) is 29.6. The fourth-order valence-electron chi connectivity index (χ4n) is 7.69. The van der Waals surface area contributed by atoms with E-state index in [2.05, 4.69) is 217 Å². The van der Waals surface area contributed by atoms with E-state index in [-0.39, 0.29) is 0 Å². The predicted molar refractivity (Wildman–Crippen MR) is 228 cm³/mol. The molecule has 54 heavy (non-hydrogen) atoms. The van der Waals surface area contributed by atoms with Crippen molar-refractivity contribution in [2.75, 3.05) is 4.90 Å². The molecule has 1 aromatic heterocycles. The largest absolute Gasteiger partial charge is 0.456 e. The van der Waals surface area contributed by atoms with Crippen LogP contribution in [0.2, 0.25) is 0 Å². The normalized spacial score (nSPS) is 11.3. The van der Waals surface area contributed by atoms with E-state index in [1.807, 2.05) is 0 Å². The molecule has 0 aliphatic heterocycles. The smallest absolute Gasteiger partial charge is 0.138 e. The van der Waals surface area contributed by atoms with Gasteiger partial charge < -0.3 is 9.32 Å². The molecule has 10 rings (SSSR count). The van der Waals surface area contributed by atoms with Gasteiger partial charge in [0.2, 0.25) is 0 Å². The van der Waals surface area contributed by atoms with Crippen LogP contribution in [0, 0.1) is 0 Å². The lowest BCUT2D eigenvalue weighted by Gasteiger charge is -2.27. The Labute approximate surface area is 314 Å². The Morgan fingerprint density at radius 3 is 1.17 bits per heavy atom. The number of furan rings is 1. The fraction of sp³-hybridized carbons (Fsp3) is 0. The molecule has 0 saturated heterocycles. The van der Waals surface area contributed by atoms with Gasteiger partial charge in [-0.2, -0.15) is 0 Å². The van der Waals surface area contributed by atoms with Crippen LogP contribution in [0.15, 0.2) is 217 Å². The Kier molecular flexibility index (Phi) is 7.85. The molecule has 0 aliphatic carbocycles. The Hall–Kier alpha value is -7.16. The van der Waals surface area contributed by atoms with Crippen molar-refractivity contribution >= 4 is 49.8 Å². The molecule has 0 fully saturated rings. The molecule has 0 aliphatic rings. The quantitative estimate of drug-likeness (QED) is 0.166. The van der Waals surface area contributed by atoms with Crippen LogP contribution in [0.3, 0.4) is 0 Å². The Morgan fingerprint density at radius 1 is 0.296 bits per heavy atom. The number of hydrogen-bond donors (Lipinski definition) is 0. The number of nitrogens with zero attached hydrogens (tertiary/aromatic N) is 1. The zero-order chi connectivity index (χ0) is 35.8. The monoisotopic (exact) mass is 689 g/mol. The van der Waals surface area contributed by atoms with Gasteiger partial charge in [-0.1, -0.05) is 164 Å². The maximum atomic E-state index is 6.75. The molecule has 10 aromatic rings. The van der Waals surface area contributed by atoms with Gasteiger partial charge in [-0.05, 0) is 104 Å². The van der Waals surface area contributed by atoms with E-state index in [0.717, 1.165) is 55.5 Å². The third-order valence-corrected chi connectivity index (χ3v) is 10.5. The second kappa shape index (κ2) is 13.4. The topological polar surface area (TPSA) is 16.4 Å². The van der Waals surface area contributed by atoms with E-state index < -0.39 is 0 Å². The molecule has 0 saturated carbocycles. The van der Waals surface area contributed by atoms with Crippen LogP contribution < -0.4 is 4.90 Å². The van der Waals surface area contributed by atoms with Crippen molar-refractivity contribution in [1.82, 2.24) is 0 Å². The van der Waals surface area contributed by atoms with Gasteiger partial charge in [0.05, 0.1) is 11.1 Å². The molecule has 0 bridgehead atoms. The number of rotatable bonds is 7. The van der Waals surface area contributed by atoms with E-state index >= 15 is 0 Å². The van der Waals surface area contributed by atoms with Gasteiger partial charge in [-0.15, -0.1) is 0 Å². The minimum atomic E-state index is 0.859. The summed E-state index contributed by atoms with van der Waals surface area (Å²) in [6.07, 6.45) is 0. The van der Waals surface area contributed by atoms with Crippen LogP contribution in [-0.4, -0.2) is 0 Å². The summed E-state index contributed by atoms with van der Waals surface area (Å²) in [4.78, 5) is 2.38. The van der Waals surface area contributed by atoms with Crippen LogP contribution in [0.1, 0.15) is 0 Å². The first-order chi connectivity index (χ1) is 26.7. The summed E-state index contributed by atoms with van der Waals surface area (Å²) >= 11 is 0. The molecular weight excluding hydrogens is 655 g/mol. The lowest BCUT2D eigenvalue weighted by molar-refractivity contribution is 0.669. The average molecular weight is 690 g/mol. The number of hydrogen-bond acceptors (Lipinski definition) is 2. The summed E-state index contributed by atoms with van der Waals surface area (Å²) in [7, 11) is 0. The van der Waals surface area contributed by atoms with E-state index in [0.29, 0.717) is 0 Å². The standard InChI is InChI=1S/C52H35NO/c1-4-12-36(13-5-1)39-20-22-40(23-21-39)42-26-30-47(31-27-42)53(46-28-24-41(25-29-46)37-14-6-2-7-15-37)49-33-45(38-16-8-3-9-17-38)35-51-52(49)48-32-43-18-10-11-19-44(43)34-50(48)54-51/h1-35H. The third-order valence-electron chi connectivity index (χ3n) is 10.5. The predicted octanol–water partition coefficient (Wildman–Crippen LogP) is 14.9. The minimum Gasteiger partial charge on any atom is -0.456 e. The highest BCUT2D eigenvalue weighted by Gasteiger charge is 2.22. The van der Waals surface area contributed by atoms with Crippen LogP contribution in [-0.2, 0) is 0 Å². The van der Waals surface area contributed by atoms with Crippen molar-refractivity contribution in [1.29, 1.82) is 0 Å². The van der Waals surface area contributed by atoms with Gasteiger partial charge in [-0.25, -0.2) is 0 Å². The van der Waals surface area contributed by atoms with E-state index in [9.17, 15) is 0 Å². The Balaban J connectivity index is 1.16. The first-order valence-electron chi connectivity index (χ1n) is 18.4. The third kappa shape index (κ3) is 5.81. The second-order valence-electron chi connectivity index (χ2n) is 13.8. The molecule has 0 amide bonds. The van der Waals surface area contributed by atoms with Crippen LogP contribution in [0.5, 0.6) is 0 Å². The van der Waals surface area contributed by atoms with Crippen molar-refractivity contribution in [2.45, 2.75) is 0 Å². The SMILES string of the molecule is c1ccc(-c2ccc(-c3ccc(N(c4ccc(-c5ccccc5)cc4)c4cc(-c5ccccc5)cc5oc6cc7ccccc7cc6c45)cc3)cc2)cc1.